The third kappa shape index (κ3) is 2.85. The molecule has 3 N–H and O–H groups in total. The zero-order chi connectivity index (χ0) is 12.8. The predicted molar refractivity (Wildman–Crippen MR) is 64.5 cm³/mol. The summed E-state index contributed by atoms with van der Waals surface area (Å²) in [6.07, 6.45) is 4.58. The Balaban J connectivity index is 2.05. The number of rotatable bonds is 3. The molecule has 0 aliphatic heterocycles. The van der Waals surface area contributed by atoms with Crippen molar-refractivity contribution in [1.82, 2.24) is 20.4 Å². The average Bonchev–Trinajstić information content (AvgIpc) is 2.46. The minimum absolute atomic E-state index is 0.0277. The van der Waals surface area contributed by atoms with Crippen LogP contribution in [0.25, 0.3) is 0 Å². The van der Waals surface area contributed by atoms with E-state index in [1.54, 1.807) is 24.3 Å². The lowest BCUT2D eigenvalue weighted by Gasteiger charge is -2.00. The van der Waals surface area contributed by atoms with Crippen molar-refractivity contribution in [2.24, 2.45) is 10.8 Å². The Kier molecular flexibility index (Phi) is 3.55. The van der Waals surface area contributed by atoms with E-state index in [1.807, 2.05) is 0 Å². The molecule has 0 atom stereocenters. The van der Waals surface area contributed by atoms with Gasteiger partial charge in [0, 0.05) is 18.6 Å². The van der Waals surface area contributed by atoms with Crippen molar-refractivity contribution >= 4 is 11.7 Å². The summed E-state index contributed by atoms with van der Waals surface area (Å²) in [6.45, 7) is 0. The molecule has 0 fully saturated rings. The molecule has 7 heteroatoms. The molecule has 90 valence electrons. The molecular weight excluding hydrogens is 232 g/mol. The van der Waals surface area contributed by atoms with E-state index in [-0.39, 0.29) is 17.4 Å². The maximum atomic E-state index is 11.6. The summed E-state index contributed by atoms with van der Waals surface area (Å²) in [5.74, 6) is -0.173. The largest absolute Gasteiger partial charge is 0.379 e. The quantitative estimate of drug-likeness (QED) is 0.445. The molecule has 2 rings (SSSR count). The number of hydrazone groups is 1. The molecule has 2 heterocycles. The Morgan fingerprint density at radius 2 is 1.83 bits per heavy atom. The Morgan fingerprint density at radius 3 is 2.50 bits per heavy atom. The zero-order valence-electron chi connectivity index (χ0n) is 9.32. The van der Waals surface area contributed by atoms with Gasteiger partial charge in [-0.05, 0) is 18.2 Å². The van der Waals surface area contributed by atoms with Gasteiger partial charge in [-0.25, -0.2) is 15.4 Å². The monoisotopic (exact) mass is 242 g/mol. The van der Waals surface area contributed by atoms with Gasteiger partial charge in [-0.1, -0.05) is 6.07 Å². The van der Waals surface area contributed by atoms with Crippen LogP contribution in [0.15, 0.2) is 48.0 Å². The Labute approximate surface area is 103 Å². The summed E-state index contributed by atoms with van der Waals surface area (Å²) >= 11 is 0. The number of hydrogen-bond donors (Lipinski definition) is 2. The van der Waals surface area contributed by atoms with Crippen molar-refractivity contribution in [2.45, 2.75) is 0 Å². The third-order valence-corrected chi connectivity index (χ3v) is 1.97. The zero-order valence-corrected chi connectivity index (χ0v) is 9.32. The second-order valence-electron chi connectivity index (χ2n) is 3.23. The van der Waals surface area contributed by atoms with Gasteiger partial charge in [0.1, 0.15) is 5.69 Å². The van der Waals surface area contributed by atoms with Gasteiger partial charge in [0.05, 0.1) is 0 Å². The Hall–Kier alpha value is -2.83. The van der Waals surface area contributed by atoms with Crippen LogP contribution in [0, 0.1) is 0 Å². The number of carbonyl (C=O) groups excluding carboxylic acids is 1. The molecule has 0 saturated heterocycles. The van der Waals surface area contributed by atoms with E-state index < -0.39 is 5.91 Å². The fourth-order valence-corrected chi connectivity index (χ4v) is 1.15. The summed E-state index contributed by atoms with van der Waals surface area (Å²) < 4.78 is 0. The van der Waals surface area contributed by atoms with Crippen LogP contribution in [0.3, 0.4) is 0 Å². The van der Waals surface area contributed by atoms with Crippen LogP contribution in [0.5, 0.6) is 0 Å². The summed E-state index contributed by atoms with van der Waals surface area (Å²) in [7, 11) is 0. The van der Waals surface area contributed by atoms with Gasteiger partial charge in [0.25, 0.3) is 5.91 Å². The number of nitrogens with one attached hydrogen (secondary N) is 1. The SMILES string of the molecule is N/C(=N\NC(=O)c1ccccn1)c1ncccn1. The fourth-order valence-electron chi connectivity index (χ4n) is 1.15. The van der Waals surface area contributed by atoms with Crippen LogP contribution >= 0.6 is 0 Å². The molecule has 0 aromatic carbocycles. The molecule has 0 radical (unpaired) electrons. The first-order chi connectivity index (χ1) is 8.77. The molecule has 0 aliphatic rings. The molecule has 0 bridgehead atoms. The Morgan fingerprint density at radius 1 is 1.11 bits per heavy atom. The van der Waals surface area contributed by atoms with E-state index in [0.717, 1.165) is 0 Å². The van der Waals surface area contributed by atoms with E-state index in [2.05, 4.69) is 25.5 Å². The number of aromatic nitrogens is 3. The van der Waals surface area contributed by atoms with Crippen LogP contribution in [0.4, 0.5) is 0 Å². The number of pyridine rings is 1. The number of amides is 1. The van der Waals surface area contributed by atoms with Crippen molar-refractivity contribution in [3.63, 3.8) is 0 Å². The fraction of sp³-hybridized carbons (Fsp3) is 0. The van der Waals surface area contributed by atoms with Crippen molar-refractivity contribution < 1.29 is 4.79 Å². The van der Waals surface area contributed by atoms with Crippen LogP contribution in [-0.2, 0) is 0 Å². The third-order valence-electron chi connectivity index (χ3n) is 1.97. The van der Waals surface area contributed by atoms with Crippen molar-refractivity contribution in [3.05, 3.63) is 54.4 Å². The molecule has 1 amide bonds. The van der Waals surface area contributed by atoms with E-state index in [4.69, 9.17) is 5.73 Å². The van der Waals surface area contributed by atoms with Gasteiger partial charge in [0.15, 0.2) is 11.7 Å². The molecule has 18 heavy (non-hydrogen) atoms. The number of nitrogens with two attached hydrogens (primary N) is 1. The molecule has 0 unspecified atom stereocenters. The van der Waals surface area contributed by atoms with E-state index in [9.17, 15) is 4.79 Å². The van der Waals surface area contributed by atoms with E-state index in [1.165, 1.54) is 18.6 Å². The Bertz CT molecular complexity index is 554. The summed E-state index contributed by atoms with van der Waals surface area (Å²) in [6, 6.07) is 6.64. The number of carbonyl (C=O) groups is 1. The molecule has 0 saturated carbocycles. The first-order valence-electron chi connectivity index (χ1n) is 5.09. The smallest absolute Gasteiger partial charge is 0.290 e. The second kappa shape index (κ2) is 5.48. The van der Waals surface area contributed by atoms with Gasteiger partial charge in [-0.2, -0.15) is 5.10 Å². The molecule has 2 aromatic rings. The second-order valence-corrected chi connectivity index (χ2v) is 3.23. The number of amidine groups is 1. The van der Waals surface area contributed by atoms with Crippen molar-refractivity contribution in [1.29, 1.82) is 0 Å². The summed E-state index contributed by atoms with van der Waals surface area (Å²) in [5.41, 5.74) is 8.14. The molecule has 0 spiro atoms. The van der Waals surface area contributed by atoms with Crippen LogP contribution < -0.4 is 11.2 Å². The molecule has 7 nitrogen and oxygen atoms in total. The highest BCUT2D eigenvalue weighted by atomic mass is 16.2. The highest BCUT2D eigenvalue weighted by Gasteiger charge is 2.06. The lowest BCUT2D eigenvalue weighted by atomic mass is 10.3. The van der Waals surface area contributed by atoms with Crippen LogP contribution in [0.2, 0.25) is 0 Å². The van der Waals surface area contributed by atoms with Crippen LogP contribution in [0.1, 0.15) is 16.3 Å². The number of nitrogens with zero attached hydrogens (tertiary/aromatic N) is 4. The lowest BCUT2D eigenvalue weighted by molar-refractivity contribution is 0.0950. The van der Waals surface area contributed by atoms with Gasteiger partial charge in [-0.15, -0.1) is 0 Å². The maximum absolute atomic E-state index is 11.6. The first kappa shape index (κ1) is 11.6. The van der Waals surface area contributed by atoms with Crippen LogP contribution in [-0.4, -0.2) is 26.7 Å². The van der Waals surface area contributed by atoms with Crippen molar-refractivity contribution in [3.8, 4) is 0 Å². The summed E-state index contributed by atoms with van der Waals surface area (Å²) in [5, 5.41) is 3.70. The standard InChI is InChI=1S/C11H10N6O/c12-9(10-14-6-3-7-15-10)16-17-11(18)8-4-1-2-5-13-8/h1-7H,(H2,12,16)(H,17,18). The highest BCUT2D eigenvalue weighted by molar-refractivity contribution is 5.97. The summed E-state index contributed by atoms with van der Waals surface area (Å²) in [4.78, 5) is 23.3. The minimum Gasteiger partial charge on any atom is -0.379 e. The molecule has 0 aliphatic carbocycles. The van der Waals surface area contributed by atoms with E-state index in [0.29, 0.717) is 0 Å². The highest BCUT2D eigenvalue weighted by Crippen LogP contribution is 1.93. The van der Waals surface area contributed by atoms with Crippen molar-refractivity contribution in [2.75, 3.05) is 0 Å². The van der Waals surface area contributed by atoms with Gasteiger partial charge in [-0.3, -0.25) is 9.78 Å². The van der Waals surface area contributed by atoms with Gasteiger partial charge >= 0.3 is 0 Å². The van der Waals surface area contributed by atoms with E-state index >= 15 is 0 Å². The van der Waals surface area contributed by atoms with Gasteiger partial charge in [0.2, 0.25) is 0 Å². The molecule has 2 aromatic heterocycles. The topological polar surface area (TPSA) is 106 Å². The normalized spacial score (nSPS) is 11.0. The first-order valence-corrected chi connectivity index (χ1v) is 5.09. The molecular formula is C11H10N6O. The predicted octanol–water partition coefficient (Wildman–Crippen LogP) is -0.0781. The van der Waals surface area contributed by atoms with Gasteiger partial charge < -0.3 is 5.73 Å². The maximum Gasteiger partial charge on any atom is 0.290 e. The minimum atomic E-state index is -0.450. The lowest BCUT2D eigenvalue weighted by Crippen LogP contribution is -2.25. The number of hydrogen-bond acceptors (Lipinski definition) is 5. The average molecular weight is 242 g/mol.